The Labute approximate surface area is 109 Å². The minimum Gasteiger partial charge on any atom is -0.300 e. The molecule has 1 aromatic heterocycles. The number of hydrogen-bond acceptors (Lipinski definition) is 3. The highest BCUT2D eigenvalue weighted by molar-refractivity contribution is 5.88. The molecule has 3 nitrogen and oxygen atoms in total. The Morgan fingerprint density at radius 3 is 2.67 bits per heavy atom. The Balaban J connectivity index is 1.85. The summed E-state index contributed by atoms with van der Waals surface area (Å²) in [6, 6.07) is 6.29. The molecule has 2 heterocycles. The maximum atomic E-state index is 4.71. The predicted octanol–water partition coefficient (Wildman–Crippen LogP) is 3.05. The number of aromatic nitrogens is 1. The zero-order chi connectivity index (χ0) is 12.4. The normalized spacial score (nSPS) is 28.3. The number of hydrogen-bond donors (Lipinski definition) is 0. The molecule has 96 valence electrons. The molecule has 0 aromatic carbocycles. The van der Waals surface area contributed by atoms with Gasteiger partial charge in [0.25, 0.3) is 0 Å². The lowest BCUT2D eigenvalue weighted by molar-refractivity contribution is 0.369. The first-order chi connectivity index (χ1) is 8.84. The smallest absolute Gasteiger partial charge is 0.0441 e. The van der Waals surface area contributed by atoms with Gasteiger partial charge >= 0.3 is 0 Å². The second-order valence-electron chi connectivity index (χ2n) is 5.47. The average molecular weight is 243 g/mol. The summed E-state index contributed by atoms with van der Waals surface area (Å²) in [5.41, 5.74) is 2.67. The fourth-order valence-corrected chi connectivity index (χ4v) is 3.33. The fourth-order valence-electron chi connectivity index (χ4n) is 3.33. The van der Waals surface area contributed by atoms with Gasteiger partial charge in [0.15, 0.2) is 0 Å². The predicted molar refractivity (Wildman–Crippen MR) is 73.6 cm³/mol. The Morgan fingerprint density at radius 2 is 2.00 bits per heavy atom. The van der Waals surface area contributed by atoms with Crippen molar-refractivity contribution in [3.05, 3.63) is 30.1 Å². The Hall–Kier alpha value is -1.38. The maximum Gasteiger partial charge on any atom is 0.0441 e. The third kappa shape index (κ3) is 2.26. The molecule has 0 bridgehead atoms. The number of pyridine rings is 1. The van der Waals surface area contributed by atoms with Crippen LogP contribution in [-0.2, 0) is 0 Å². The largest absolute Gasteiger partial charge is 0.300 e. The van der Waals surface area contributed by atoms with Crippen molar-refractivity contribution in [2.75, 3.05) is 13.6 Å². The van der Waals surface area contributed by atoms with Crippen LogP contribution in [0.25, 0.3) is 0 Å². The zero-order valence-corrected chi connectivity index (χ0v) is 11.0. The van der Waals surface area contributed by atoms with E-state index < -0.39 is 0 Å². The monoisotopic (exact) mass is 243 g/mol. The number of rotatable bonds is 2. The molecule has 18 heavy (non-hydrogen) atoms. The quantitative estimate of drug-likeness (QED) is 0.798. The lowest BCUT2D eigenvalue weighted by Crippen LogP contribution is -2.25. The Bertz CT molecular complexity index is 427. The standard InChI is InChI=1S/C15H21N3/c1-18-11-9-15(17-18)13-7-3-2-6-12(13)14-8-4-5-10-16-14/h4-5,8,10,12-13H,2-3,6-7,9,11H2,1H3. The summed E-state index contributed by atoms with van der Waals surface area (Å²) in [5, 5.41) is 6.79. The third-order valence-corrected chi connectivity index (χ3v) is 4.25. The molecular formula is C15H21N3. The van der Waals surface area contributed by atoms with Crippen molar-refractivity contribution in [3.63, 3.8) is 0 Å². The van der Waals surface area contributed by atoms with Crippen LogP contribution < -0.4 is 0 Å². The first-order valence-electron chi connectivity index (χ1n) is 7.04. The van der Waals surface area contributed by atoms with Gasteiger partial charge in [-0.1, -0.05) is 18.9 Å². The lowest BCUT2D eigenvalue weighted by Gasteiger charge is -2.31. The van der Waals surface area contributed by atoms with Gasteiger partial charge in [-0.05, 0) is 25.0 Å². The third-order valence-electron chi connectivity index (χ3n) is 4.25. The summed E-state index contributed by atoms with van der Waals surface area (Å²) >= 11 is 0. The van der Waals surface area contributed by atoms with Crippen LogP contribution in [0, 0.1) is 5.92 Å². The van der Waals surface area contributed by atoms with Gasteiger partial charge in [0.05, 0.1) is 0 Å². The molecule has 1 aliphatic carbocycles. The van der Waals surface area contributed by atoms with Crippen molar-refractivity contribution in [3.8, 4) is 0 Å². The van der Waals surface area contributed by atoms with Crippen LogP contribution in [0.15, 0.2) is 29.5 Å². The summed E-state index contributed by atoms with van der Waals surface area (Å²) in [5.74, 6) is 1.21. The van der Waals surface area contributed by atoms with E-state index >= 15 is 0 Å². The molecule has 0 spiro atoms. The second kappa shape index (κ2) is 5.09. The molecule has 2 atom stereocenters. The van der Waals surface area contributed by atoms with E-state index in [1.165, 1.54) is 37.1 Å². The molecule has 1 fully saturated rings. The van der Waals surface area contributed by atoms with Gasteiger partial charge in [-0.25, -0.2) is 0 Å². The van der Waals surface area contributed by atoms with Crippen molar-refractivity contribution in [1.29, 1.82) is 0 Å². The molecule has 0 amide bonds. The second-order valence-corrected chi connectivity index (χ2v) is 5.47. The van der Waals surface area contributed by atoms with E-state index in [-0.39, 0.29) is 0 Å². The van der Waals surface area contributed by atoms with E-state index in [0.29, 0.717) is 11.8 Å². The topological polar surface area (TPSA) is 28.5 Å². The van der Waals surface area contributed by atoms with Crippen LogP contribution in [0.1, 0.15) is 43.7 Å². The van der Waals surface area contributed by atoms with Crippen molar-refractivity contribution in [2.45, 2.75) is 38.0 Å². The first-order valence-corrected chi connectivity index (χ1v) is 7.04. The van der Waals surface area contributed by atoms with Crippen LogP contribution >= 0.6 is 0 Å². The van der Waals surface area contributed by atoms with E-state index in [0.717, 1.165) is 13.0 Å². The molecule has 1 aromatic rings. The molecule has 0 saturated heterocycles. The summed E-state index contributed by atoms with van der Waals surface area (Å²) in [6.07, 6.45) is 8.30. The molecule has 1 saturated carbocycles. The van der Waals surface area contributed by atoms with Crippen LogP contribution in [-0.4, -0.2) is 29.3 Å². The zero-order valence-electron chi connectivity index (χ0n) is 11.0. The van der Waals surface area contributed by atoms with Gasteiger partial charge in [0.2, 0.25) is 0 Å². The lowest BCUT2D eigenvalue weighted by atomic mass is 9.74. The van der Waals surface area contributed by atoms with Crippen molar-refractivity contribution < 1.29 is 0 Å². The van der Waals surface area contributed by atoms with Gasteiger partial charge < -0.3 is 0 Å². The summed E-state index contributed by atoms with van der Waals surface area (Å²) in [4.78, 5) is 4.57. The number of nitrogens with zero attached hydrogens (tertiary/aromatic N) is 3. The maximum absolute atomic E-state index is 4.71. The van der Waals surface area contributed by atoms with Crippen molar-refractivity contribution >= 4 is 5.71 Å². The molecular weight excluding hydrogens is 222 g/mol. The van der Waals surface area contributed by atoms with E-state index in [9.17, 15) is 0 Å². The fraction of sp³-hybridized carbons (Fsp3) is 0.600. The van der Waals surface area contributed by atoms with Crippen LogP contribution in [0.2, 0.25) is 0 Å². The van der Waals surface area contributed by atoms with Crippen LogP contribution in [0.5, 0.6) is 0 Å². The summed E-state index contributed by atoms with van der Waals surface area (Å²) in [7, 11) is 2.08. The highest BCUT2D eigenvalue weighted by Crippen LogP contribution is 2.39. The van der Waals surface area contributed by atoms with E-state index in [1.807, 2.05) is 12.3 Å². The van der Waals surface area contributed by atoms with E-state index in [4.69, 9.17) is 5.10 Å². The molecule has 0 radical (unpaired) electrons. The van der Waals surface area contributed by atoms with E-state index in [1.54, 1.807) is 0 Å². The minimum atomic E-state index is 0.588. The molecule has 1 aliphatic heterocycles. The molecule has 0 N–H and O–H groups in total. The molecule has 3 rings (SSSR count). The van der Waals surface area contributed by atoms with E-state index in [2.05, 4.69) is 29.2 Å². The minimum absolute atomic E-state index is 0.588. The summed E-state index contributed by atoms with van der Waals surface area (Å²) < 4.78 is 0. The van der Waals surface area contributed by atoms with Crippen LogP contribution in [0.4, 0.5) is 0 Å². The van der Waals surface area contributed by atoms with Crippen LogP contribution in [0.3, 0.4) is 0 Å². The molecule has 2 unspecified atom stereocenters. The van der Waals surface area contributed by atoms with Crippen molar-refractivity contribution in [1.82, 2.24) is 9.99 Å². The highest BCUT2D eigenvalue weighted by atomic mass is 15.5. The Morgan fingerprint density at radius 1 is 1.17 bits per heavy atom. The van der Waals surface area contributed by atoms with Gasteiger partial charge in [0, 0.05) is 49.5 Å². The average Bonchev–Trinajstić information content (AvgIpc) is 2.86. The summed E-state index contributed by atoms with van der Waals surface area (Å²) in [6.45, 7) is 1.08. The highest BCUT2D eigenvalue weighted by Gasteiger charge is 2.32. The van der Waals surface area contributed by atoms with Crippen molar-refractivity contribution in [2.24, 2.45) is 11.0 Å². The van der Waals surface area contributed by atoms with Gasteiger partial charge in [-0.3, -0.25) is 9.99 Å². The van der Waals surface area contributed by atoms with Gasteiger partial charge in [-0.15, -0.1) is 0 Å². The molecule has 3 heteroatoms. The number of hydrazone groups is 1. The SMILES string of the molecule is CN1CCC(C2CCCCC2c2ccccn2)=N1. The first kappa shape index (κ1) is 11.7. The van der Waals surface area contributed by atoms with Gasteiger partial charge in [-0.2, -0.15) is 5.10 Å². The Kier molecular flexibility index (Phi) is 3.31. The van der Waals surface area contributed by atoms with Gasteiger partial charge in [0.1, 0.15) is 0 Å². The molecule has 2 aliphatic rings.